The number of fused-ring (bicyclic) bond motifs is 8. The van der Waals surface area contributed by atoms with Crippen LogP contribution in [0.5, 0.6) is 0 Å². The van der Waals surface area contributed by atoms with Crippen molar-refractivity contribution in [3.8, 4) is 11.5 Å². The van der Waals surface area contributed by atoms with Crippen LogP contribution in [-0.4, -0.2) is 64.1 Å². The summed E-state index contributed by atoms with van der Waals surface area (Å²) in [6.45, 7) is 9.15. The Morgan fingerprint density at radius 1 is 1.06 bits per heavy atom. The van der Waals surface area contributed by atoms with E-state index in [4.69, 9.17) is 10.1 Å². The standard InChI is InChI=1S/C38H44FN5O6S2/c1-36(2)14-8-15-38(5,25-10-7-9-24(19-25)22-37(3,4)35(45)46)34-42-33(44(6)43-34)31-20-26(11-16-41-31)52(49,50)32-28(13-18-51(47,48)23-36)27-12-17-40-30(27)21-29(32)39/h7,9-12,16-17,19-21,40H,8,13-15,18,22-23H2,1-6H3,(H,45,46)/t38-/m1/s1. The van der Waals surface area contributed by atoms with Crippen LogP contribution in [0.2, 0.25) is 0 Å². The van der Waals surface area contributed by atoms with Crippen molar-refractivity contribution in [3.05, 3.63) is 89.3 Å². The van der Waals surface area contributed by atoms with E-state index >= 15 is 4.39 Å². The van der Waals surface area contributed by atoms with Gasteiger partial charge in [0, 0.05) is 30.3 Å². The van der Waals surface area contributed by atoms with Gasteiger partial charge in [0.1, 0.15) is 16.4 Å². The van der Waals surface area contributed by atoms with E-state index in [2.05, 4.69) is 9.97 Å². The van der Waals surface area contributed by atoms with E-state index in [9.17, 15) is 26.7 Å². The first-order valence-corrected chi connectivity index (χ1v) is 20.5. The van der Waals surface area contributed by atoms with Gasteiger partial charge >= 0.3 is 5.97 Å². The predicted molar refractivity (Wildman–Crippen MR) is 196 cm³/mol. The van der Waals surface area contributed by atoms with E-state index in [0.29, 0.717) is 48.2 Å². The highest BCUT2D eigenvalue weighted by molar-refractivity contribution is 7.92. The molecule has 11 nitrogen and oxygen atoms in total. The molecule has 0 saturated carbocycles. The Morgan fingerprint density at radius 3 is 2.54 bits per heavy atom. The lowest BCUT2D eigenvalue weighted by atomic mass is 9.74. The Hall–Kier alpha value is -4.43. The van der Waals surface area contributed by atoms with Crippen molar-refractivity contribution in [2.24, 2.45) is 17.9 Å². The van der Waals surface area contributed by atoms with Crippen molar-refractivity contribution in [1.29, 1.82) is 0 Å². The maximum absolute atomic E-state index is 15.9. The van der Waals surface area contributed by atoms with Crippen molar-refractivity contribution >= 4 is 36.5 Å². The molecule has 0 fully saturated rings. The molecule has 0 spiro atoms. The van der Waals surface area contributed by atoms with E-state index in [0.717, 1.165) is 17.2 Å². The molecule has 3 aromatic heterocycles. The Bertz CT molecular complexity index is 2420. The predicted octanol–water partition coefficient (Wildman–Crippen LogP) is 6.46. The molecule has 6 rings (SSSR count). The zero-order valence-corrected chi connectivity index (χ0v) is 31.8. The first-order valence-electron chi connectivity index (χ1n) is 17.2. The Kier molecular flexibility index (Phi) is 9.48. The second-order valence-corrected chi connectivity index (χ2v) is 19.7. The average molecular weight is 750 g/mol. The van der Waals surface area contributed by atoms with Gasteiger partial charge in [0.05, 0.1) is 27.2 Å². The molecule has 0 amide bonds. The quantitative estimate of drug-likeness (QED) is 0.210. The third kappa shape index (κ3) is 7.14. The SMILES string of the molecule is Cn1nc2nc1-c1cc(ccn1)S(=O)(=O)c1c(F)cc3[nH]ccc3c1CCS(=O)(=O)CC(C)(C)CCC[C@]2(C)c1cccc(CC(C)(C)C(=O)O)c1. The topological polar surface area (TPSA) is 165 Å². The summed E-state index contributed by atoms with van der Waals surface area (Å²) in [5.41, 5.74) is -0.104. The lowest BCUT2D eigenvalue weighted by Gasteiger charge is -2.31. The molecule has 2 aromatic carbocycles. The van der Waals surface area contributed by atoms with Crippen LogP contribution in [0.15, 0.2) is 70.7 Å². The number of aliphatic carboxylic acids is 1. The van der Waals surface area contributed by atoms with Gasteiger partial charge in [0.15, 0.2) is 21.5 Å². The number of sulfone groups is 2. The van der Waals surface area contributed by atoms with E-state index in [1.54, 1.807) is 33.2 Å². The molecule has 4 bridgehead atoms. The van der Waals surface area contributed by atoms with Crippen LogP contribution < -0.4 is 0 Å². The minimum absolute atomic E-state index is 0.0998. The molecule has 1 aliphatic heterocycles. The number of rotatable bonds is 4. The Labute approximate surface area is 303 Å². The maximum Gasteiger partial charge on any atom is 0.309 e. The summed E-state index contributed by atoms with van der Waals surface area (Å²) in [4.78, 5) is 23.5. The van der Waals surface area contributed by atoms with E-state index in [1.807, 2.05) is 45.0 Å². The highest BCUT2D eigenvalue weighted by Crippen LogP contribution is 2.40. The highest BCUT2D eigenvalue weighted by Gasteiger charge is 2.37. The summed E-state index contributed by atoms with van der Waals surface area (Å²) in [5, 5.41) is 15.1. The van der Waals surface area contributed by atoms with Crippen LogP contribution in [0.1, 0.15) is 76.4 Å². The van der Waals surface area contributed by atoms with Crippen LogP contribution in [-0.2, 0) is 49.8 Å². The van der Waals surface area contributed by atoms with Crippen molar-refractivity contribution in [2.45, 2.75) is 81.9 Å². The average Bonchev–Trinajstić information content (AvgIpc) is 3.69. The number of aromatic nitrogens is 5. The molecule has 4 heterocycles. The normalized spacial score (nSPS) is 20.4. The largest absolute Gasteiger partial charge is 0.481 e. The van der Waals surface area contributed by atoms with Crippen molar-refractivity contribution in [1.82, 2.24) is 24.7 Å². The second-order valence-electron chi connectivity index (χ2n) is 15.6. The van der Waals surface area contributed by atoms with Gasteiger partial charge in [-0.05, 0) is 92.8 Å². The number of carboxylic acids is 1. The summed E-state index contributed by atoms with van der Waals surface area (Å²) < 4.78 is 73.5. The van der Waals surface area contributed by atoms with E-state index in [1.165, 1.54) is 23.0 Å². The molecule has 276 valence electrons. The molecule has 1 atom stereocenters. The summed E-state index contributed by atoms with van der Waals surface area (Å²) in [6.07, 6.45) is 4.67. The highest BCUT2D eigenvalue weighted by atomic mass is 32.2. The lowest BCUT2D eigenvalue weighted by Crippen LogP contribution is -2.30. The molecule has 2 N–H and O–H groups in total. The smallest absolute Gasteiger partial charge is 0.309 e. The molecule has 0 aliphatic carbocycles. The first kappa shape index (κ1) is 37.3. The van der Waals surface area contributed by atoms with Gasteiger partial charge in [-0.25, -0.2) is 30.9 Å². The van der Waals surface area contributed by atoms with Crippen molar-refractivity contribution in [2.75, 3.05) is 11.5 Å². The molecule has 0 radical (unpaired) electrons. The fourth-order valence-corrected chi connectivity index (χ4v) is 10.9. The molecule has 1 aliphatic rings. The van der Waals surface area contributed by atoms with Gasteiger partial charge in [0.25, 0.3) is 0 Å². The molecule has 0 saturated heterocycles. The second kappa shape index (κ2) is 13.2. The van der Waals surface area contributed by atoms with Crippen LogP contribution in [0.3, 0.4) is 0 Å². The van der Waals surface area contributed by atoms with Crippen LogP contribution >= 0.6 is 0 Å². The third-order valence-electron chi connectivity index (χ3n) is 10.3. The number of aromatic amines is 1. The maximum atomic E-state index is 15.9. The van der Waals surface area contributed by atoms with Gasteiger partial charge < -0.3 is 10.1 Å². The first-order chi connectivity index (χ1) is 24.2. The number of hydrogen-bond donors (Lipinski definition) is 2. The number of hydrogen-bond acceptors (Lipinski definition) is 8. The van der Waals surface area contributed by atoms with Crippen molar-refractivity contribution in [3.63, 3.8) is 0 Å². The Morgan fingerprint density at radius 2 is 1.81 bits per heavy atom. The zero-order valence-electron chi connectivity index (χ0n) is 30.2. The lowest BCUT2D eigenvalue weighted by molar-refractivity contribution is -0.146. The minimum Gasteiger partial charge on any atom is -0.481 e. The molecule has 14 heteroatoms. The van der Waals surface area contributed by atoms with Gasteiger partial charge in [-0.2, -0.15) is 5.10 Å². The number of H-pyrrole nitrogens is 1. The summed E-state index contributed by atoms with van der Waals surface area (Å²) in [7, 11) is -6.57. The number of pyridine rings is 1. The molecule has 0 unspecified atom stereocenters. The summed E-state index contributed by atoms with van der Waals surface area (Å²) >= 11 is 0. The molecular weight excluding hydrogens is 706 g/mol. The number of aryl methyl sites for hydroxylation is 2. The zero-order chi connectivity index (χ0) is 37.9. The van der Waals surface area contributed by atoms with E-state index in [-0.39, 0.29) is 34.1 Å². The van der Waals surface area contributed by atoms with E-state index < -0.39 is 52.6 Å². The van der Waals surface area contributed by atoms with Gasteiger partial charge in [-0.1, -0.05) is 44.5 Å². The third-order valence-corrected chi connectivity index (χ3v) is 14.2. The summed E-state index contributed by atoms with van der Waals surface area (Å²) in [5.74, 6) is -1.66. The number of nitrogens with zero attached hydrogens (tertiary/aromatic N) is 4. The number of halogens is 1. The number of nitrogens with one attached hydrogen (secondary N) is 1. The monoisotopic (exact) mass is 749 g/mol. The van der Waals surface area contributed by atoms with Crippen molar-refractivity contribution < 1.29 is 31.1 Å². The number of carboxylic acid groups (broad SMARTS) is 1. The van der Waals surface area contributed by atoms with Crippen LogP contribution in [0, 0.1) is 16.6 Å². The fraction of sp³-hybridized carbons (Fsp3) is 0.421. The summed E-state index contributed by atoms with van der Waals surface area (Å²) in [6, 6.07) is 13.1. The Balaban J connectivity index is 1.53. The molecular formula is C38H44FN5O6S2. The molecule has 52 heavy (non-hydrogen) atoms. The van der Waals surface area contributed by atoms with Gasteiger partial charge in [-0.3, -0.25) is 9.78 Å². The fourth-order valence-electron chi connectivity index (χ4n) is 7.34. The number of carbonyl (C=O) groups is 1. The minimum atomic E-state index is -4.52. The van der Waals surface area contributed by atoms with Gasteiger partial charge in [0.2, 0.25) is 9.84 Å². The van der Waals surface area contributed by atoms with Crippen LogP contribution in [0.4, 0.5) is 4.39 Å². The number of benzene rings is 2. The van der Waals surface area contributed by atoms with Gasteiger partial charge in [-0.15, -0.1) is 0 Å². The molecule has 5 aromatic rings. The van der Waals surface area contributed by atoms with Crippen LogP contribution in [0.25, 0.3) is 22.4 Å².